The number of ether oxygens (including phenoxy) is 1. The van der Waals surface area contributed by atoms with Crippen molar-refractivity contribution in [3.63, 3.8) is 0 Å². The van der Waals surface area contributed by atoms with Crippen molar-refractivity contribution >= 4 is 0 Å². The van der Waals surface area contributed by atoms with Gasteiger partial charge in [-0.3, -0.25) is 0 Å². The molecule has 1 aromatic rings. The van der Waals surface area contributed by atoms with Gasteiger partial charge in [-0.15, -0.1) is 6.54 Å². The molecule has 0 atom stereocenters. The molecule has 0 heterocycles. The predicted molar refractivity (Wildman–Crippen MR) is 41.0 cm³/mol. The highest BCUT2D eigenvalue weighted by molar-refractivity contribution is 5.27. The third kappa shape index (κ3) is 1.48. The number of methoxy groups -OCH3 is 1. The van der Waals surface area contributed by atoms with Crippen molar-refractivity contribution in [2.24, 2.45) is 0 Å². The van der Waals surface area contributed by atoms with E-state index in [-0.39, 0.29) is 0 Å². The third-order valence-corrected chi connectivity index (χ3v) is 1.36. The lowest BCUT2D eigenvalue weighted by molar-refractivity contribution is 0.414. The molecule has 0 spiro atoms. The van der Waals surface area contributed by atoms with Crippen LogP contribution >= 0.6 is 0 Å². The quantitative estimate of drug-likeness (QED) is 0.613. The van der Waals surface area contributed by atoms with Gasteiger partial charge >= 0.3 is 0 Å². The van der Waals surface area contributed by atoms with Gasteiger partial charge < -0.3 is 10.5 Å². The molecule has 1 rings (SSSR count). The zero-order valence-corrected chi connectivity index (χ0v) is 5.92. The van der Waals surface area contributed by atoms with Crippen LogP contribution in [0.1, 0.15) is 5.56 Å². The second-order valence-electron chi connectivity index (χ2n) is 2.02. The zero-order valence-electron chi connectivity index (χ0n) is 5.92. The Bertz CT molecular complexity index is 170. The minimum absolute atomic E-state index is 0.337. The first-order chi connectivity index (χ1) is 4.86. The summed E-state index contributed by atoms with van der Waals surface area (Å²) in [5.74, 6) is 0.845. The fourth-order valence-electron chi connectivity index (χ4n) is 0.743. The number of hydrogen-bond donors (Lipinski definition) is 0. The van der Waals surface area contributed by atoms with Gasteiger partial charge in [0, 0.05) is 0 Å². The Labute approximate surface area is 60.6 Å². The Morgan fingerprint density at radius 3 is 2.30 bits per heavy atom. The summed E-state index contributed by atoms with van der Waals surface area (Å²) in [7, 11) is 1.63. The number of benzene rings is 1. The fourth-order valence-corrected chi connectivity index (χ4v) is 0.743. The summed E-state index contributed by atoms with van der Waals surface area (Å²) in [6, 6.07) is 7.52. The SMILES string of the molecule is COc1ccc(C[NH-])cc1. The maximum absolute atomic E-state index is 7.03. The molecule has 2 nitrogen and oxygen atoms in total. The molecule has 0 bridgehead atoms. The molecule has 0 fully saturated rings. The average Bonchev–Trinajstić information content (AvgIpc) is 2.05. The largest absolute Gasteiger partial charge is 0.674 e. The molecule has 54 valence electrons. The van der Waals surface area contributed by atoms with Crippen molar-refractivity contribution in [2.45, 2.75) is 6.54 Å². The molecule has 10 heavy (non-hydrogen) atoms. The van der Waals surface area contributed by atoms with Crippen LogP contribution in [0.4, 0.5) is 0 Å². The Morgan fingerprint density at radius 2 is 1.90 bits per heavy atom. The smallest absolute Gasteiger partial charge is 0.118 e. The lowest BCUT2D eigenvalue weighted by atomic mass is 10.2. The van der Waals surface area contributed by atoms with Gasteiger partial charge in [0.2, 0.25) is 0 Å². The van der Waals surface area contributed by atoms with Crippen molar-refractivity contribution in [1.82, 2.24) is 0 Å². The van der Waals surface area contributed by atoms with Crippen molar-refractivity contribution < 1.29 is 4.74 Å². The van der Waals surface area contributed by atoms with Gasteiger partial charge in [-0.2, -0.15) is 0 Å². The summed E-state index contributed by atoms with van der Waals surface area (Å²) in [5.41, 5.74) is 8.05. The van der Waals surface area contributed by atoms with E-state index in [0.717, 1.165) is 11.3 Å². The number of hydrogen-bond acceptors (Lipinski definition) is 1. The van der Waals surface area contributed by atoms with Gasteiger partial charge in [-0.05, 0) is 12.1 Å². The molecule has 1 N–H and O–H groups in total. The first-order valence-electron chi connectivity index (χ1n) is 3.14. The highest BCUT2D eigenvalue weighted by Gasteiger charge is 1.86. The van der Waals surface area contributed by atoms with E-state index in [2.05, 4.69) is 0 Å². The predicted octanol–water partition coefficient (Wildman–Crippen LogP) is 2.25. The van der Waals surface area contributed by atoms with Gasteiger partial charge in [0.15, 0.2) is 0 Å². The molecular formula is C8H10NO-. The molecule has 0 aliphatic rings. The molecule has 0 aromatic heterocycles. The average molecular weight is 136 g/mol. The van der Waals surface area contributed by atoms with Crippen LogP contribution in [0.3, 0.4) is 0 Å². The summed E-state index contributed by atoms with van der Waals surface area (Å²) in [4.78, 5) is 0. The molecule has 1 aromatic carbocycles. The molecule has 2 heteroatoms. The van der Waals surface area contributed by atoms with Gasteiger partial charge in [-0.1, -0.05) is 17.7 Å². The second-order valence-corrected chi connectivity index (χ2v) is 2.02. The Morgan fingerprint density at radius 1 is 1.30 bits per heavy atom. The normalized spacial score (nSPS) is 9.40. The maximum atomic E-state index is 7.03. The van der Waals surface area contributed by atoms with Gasteiger partial charge in [0.25, 0.3) is 0 Å². The summed E-state index contributed by atoms with van der Waals surface area (Å²) < 4.78 is 4.95. The van der Waals surface area contributed by atoms with Crippen LogP contribution in [-0.2, 0) is 6.54 Å². The summed E-state index contributed by atoms with van der Waals surface area (Å²) in [5, 5.41) is 0. The minimum Gasteiger partial charge on any atom is -0.674 e. The van der Waals surface area contributed by atoms with Crippen LogP contribution < -0.4 is 4.74 Å². The topological polar surface area (TPSA) is 33.0 Å². The van der Waals surface area contributed by atoms with E-state index in [9.17, 15) is 0 Å². The van der Waals surface area contributed by atoms with Gasteiger partial charge in [-0.25, -0.2) is 0 Å². The summed E-state index contributed by atoms with van der Waals surface area (Å²) in [6.45, 7) is 0.337. The van der Waals surface area contributed by atoms with Crippen LogP contribution in [-0.4, -0.2) is 7.11 Å². The Kier molecular flexibility index (Phi) is 2.29. The van der Waals surface area contributed by atoms with E-state index in [1.54, 1.807) is 7.11 Å². The monoisotopic (exact) mass is 136 g/mol. The first-order valence-corrected chi connectivity index (χ1v) is 3.14. The van der Waals surface area contributed by atoms with Crippen LogP contribution in [0.25, 0.3) is 5.73 Å². The molecule has 0 saturated heterocycles. The van der Waals surface area contributed by atoms with E-state index in [1.807, 2.05) is 24.3 Å². The summed E-state index contributed by atoms with van der Waals surface area (Å²) in [6.07, 6.45) is 0. The molecule has 0 aliphatic heterocycles. The van der Waals surface area contributed by atoms with E-state index in [0.29, 0.717) is 6.54 Å². The molecular weight excluding hydrogens is 126 g/mol. The third-order valence-electron chi connectivity index (χ3n) is 1.36. The lowest BCUT2D eigenvalue weighted by Crippen LogP contribution is -1.82. The van der Waals surface area contributed by atoms with Crippen molar-refractivity contribution in [3.8, 4) is 5.75 Å². The van der Waals surface area contributed by atoms with Gasteiger partial charge in [0.1, 0.15) is 5.75 Å². The maximum Gasteiger partial charge on any atom is 0.118 e. The Balaban J connectivity index is 2.80. The van der Waals surface area contributed by atoms with Gasteiger partial charge in [0.05, 0.1) is 7.11 Å². The van der Waals surface area contributed by atoms with Crippen LogP contribution in [0, 0.1) is 0 Å². The molecule has 0 aliphatic carbocycles. The Hall–Kier alpha value is -1.02. The number of nitrogens with one attached hydrogen (secondary N) is 1. The molecule has 0 amide bonds. The van der Waals surface area contributed by atoms with Crippen molar-refractivity contribution in [2.75, 3.05) is 7.11 Å². The summed E-state index contributed by atoms with van der Waals surface area (Å²) >= 11 is 0. The molecule has 0 unspecified atom stereocenters. The zero-order chi connectivity index (χ0) is 7.40. The van der Waals surface area contributed by atoms with E-state index in [1.165, 1.54) is 0 Å². The first kappa shape index (κ1) is 7.09. The van der Waals surface area contributed by atoms with Crippen LogP contribution in [0.5, 0.6) is 5.75 Å². The minimum atomic E-state index is 0.337. The second kappa shape index (κ2) is 3.22. The fraction of sp³-hybridized carbons (Fsp3) is 0.250. The van der Waals surface area contributed by atoms with Crippen LogP contribution in [0.2, 0.25) is 0 Å². The molecule has 0 radical (unpaired) electrons. The van der Waals surface area contributed by atoms with E-state index < -0.39 is 0 Å². The highest BCUT2D eigenvalue weighted by Crippen LogP contribution is 2.11. The van der Waals surface area contributed by atoms with Crippen molar-refractivity contribution in [1.29, 1.82) is 0 Å². The van der Waals surface area contributed by atoms with Crippen LogP contribution in [0.15, 0.2) is 24.3 Å². The van der Waals surface area contributed by atoms with E-state index >= 15 is 0 Å². The standard InChI is InChI=1S/C8H10NO/c1-10-8-4-2-7(6-9)3-5-8/h2-5,9H,6H2,1H3/q-1. The molecule has 0 saturated carbocycles. The van der Waals surface area contributed by atoms with Crippen molar-refractivity contribution in [3.05, 3.63) is 35.6 Å². The highest BCUT2D eigenvalue weighted by atomic mass is 16.5. The van der Waals surface area contributed by atoms with E-state index in [4.69, 9.17) is 10.5 Å². The lowest BCUT2D eigenvalue weighted by Gasteiger charge is -2.02. The number of rotatable bonds is 2.